The van der Waals surface area contributed by atoms with Crippen molar-refractivity contribution in [2.75, 3.05) is 26.2 Å². The molecule has 8 heteroatoms. The van der Waals surface area contributed by atoms with Crippen LogP contribution in [0.3, 0.4) is 0 Å². The Bertz CT molecular complexity index is 328. The molecule has 120 valence electrons. The number of rotatable bonds is 10. The van der Waals surface area contributed by atoms with E-state index in [1.54, 1.807) is 0 Å². The van der Waals surface area contributed by atoms with E-state index >= 15 is 0 Å². The lowest BCUT2D eigenvalue weighted by Gasteiger charge is -2.35. The van der Waals surface area contributed by atoms with E-state index < -0.39 is 0 Å². The number of carbonyl (C=O) groups is 2. The summed E-state index contributed by atoms with van der Waals surface area (Å²) in [5, 5.41) is 24.8. The molecule has 2 rings (SSSR count). The molecular formula is C13H20N2O6-2. The van der Waals surface area contributed by atoms with Crippen LogP contribution in [-0.2, 0) is 19.1 Å². The largest absolute Gasteiger partial charge is 0.785 e. The highest BCUT2D eigenvalue weighted by atomic mass is 16.6. The summed E-state index contributed by atoms with van der Waals surface area (Å²) < 4.78 is 9.62. The highest BCUT2D eigenvalue weighted by Gasteiger charge is 2.28. The fraction of sp³-hybridized carbons (Fsp3) is 0.846. The number of cyclic esters (lactones) is 2. The minimum absolute atomic E-state index is 0.116. The zero-order valence-corrected chi connectivity index (χ0v) is 11.9. The molecule has 2 aliphatic heterocycles. The predicted molar refractivity (Wildman–Crippen MR) is 72.7 cm³/mol. The lowest BCUT2D eigenvalue weighted by atomic mass is 10.1. The second kappa shape index (κ2) is 7.69. The number of hydrogen-bond donors (Lipinski definition) is 0. The summed E-state index contributed by atoms with van der Waals surface area (Å²) in [5.74, 6) is -0.423. The van der Waals surface area contributed by atoms with Gasteiger partial charge in [-0.25, -0.2) is 0 Å². The molecule has 2 unspecified atom stereocenters. The van der Waals surface area contributed by atoms with Gasteiger partial charge >= 0.3 is 11.9 Å². The minimum Gasteiger partial charge on any atom is -0.785 e. The van der Waals surface area contributed by atoms with Crippen LogP contribution >= 0.6 is 0 Å². The number of ether oxygens (including phenoxy) is 2. The zero-order valence-electron chi connectivity index (χ0n) is 11.9. The average molecular weight is 300 g/mol. The summed E-state index contributed by atoms with van der Waals surface area (Å²) in [7, 11) is 0. The van der Waals surface area contributed by atoms with Gasteiger partial charge in [0.25, 0.3) is 0 Å². The van der Waals surface area contributed by atoms with Gasteiger partial charge in [-0.05, 0) is 45.4 Å². The Labute approximate surface area is 123 Å². The number of carbonyl (C=O) groups excluding carboxylic acids is 2. The van der Waals surface area contributed by atoms with Crippen LogP contribution in [0.25, 0.3) is 0 Å². The Hall–Kier alpha value is -1.22. The van der Waals surface area contributed by atoms with E-state index in [0.717, 1.165) is 10.1 Å². The number of hydrogen-bond acceptors (Lipinski definition) is 8. The first-order chi connectivity index (χ1) is 10.0. The third kappa shape index (κ3) is 5.58. The lowest BCUT2D eigenvalue weighted by Crippen LogP contribution is -2.36. The molecular weight excluding hydrogens is 280 g/mol. The van der Waals surface area contributed by atoms with E-state index in [-0.39, 0.29) is 37.2 Å². The molecule has 21 heavy (non-hydrogen) atoms. The van der Waals surface area contributed by atoms with E-state index in [1.165, 1.54) is 0 Å². The van der Waals surface area contributed by atoms with Crippen molar-refractivity contribution in [2.45, 2.75) is 44.3 Å². The number of hydroxylamine groups is 4. The van der Waals surface area contributed by atoms with E-state index in [2.05, 4.69) is 0 Å². The number of esters is 2. The first kappa shape index (κ1) is 16.2. The molecule has 8 nitrogen and oxygen atoms in total. The van der Waals surface area contributed by atoms with E-state index in [9.17, 15) is 20.0 Å². The Morgan fingerprint density at radius 2 is 1.24 bits per heavy atom. The lowest BCUT2D eigenvalue weighted by molar-refractivity contribution is -0.171. The first-order valence-corrected chi connectivity index (χ1v) is 7.26. The van der Waals surface area contributed by atoms with E-state index in [4.69, 9.17) is 9.47 Å². The molecule has 2 atom stereocenters. The highest BCUT2D eigenvalue weighted by Crippen LogP contribution is 2.17. The molecule has 0 aliphatic carbocycles. The van der Waals surface area contributed by atoms with Gasteiger partial charge in [0.05, 0.1) is 12.8 Å². The Morgan fingerprint density at radius 1 is 0.857 bits per heavy atom. The zero-order chi connectivity index (χ0) is 15.2. The third-order valence-electron chi connectivity index (χ3n) is 3.60. The van der Waals surface area contributed by atoms with Gasteiger partial charge < -0.3 is 30.0 Å². The van der Waals surface area contributed by atoms with Crippen molar-refractivity contribution >= 4 is 11.9 Å². The fourth-order valence-electron chi connectivity index (χ4n) is 2.27. The standard InChI is InChI=1S/C13H20N2O6/c16-12-8-10(20-12)2-6-14(18)4-1-5-15(19)7-3-11-9-13(17)21-11/h10-11H,1-9H2/q-2. The van der Waals surface area contributed by atoms with Crippen molar-refractivity contribution in [2.24, 2.45) is 0 Å². The summed E-state index contributed by atoms with van der Waals surface area (Å²) in [5.41, 5.74) is 0. The van der Waals surface area contributed by atoms with Crippen molar-refractivity contribution < 1.29 is 19.1 Å². The molecule has 2 heterocycles. The van der Waals surface area contributed by atoms with Crippen LogP contribution in [0.4, 0.5) is 0 Å². The molecule has 2 fully saturated rings. The van der Waals surface area contributed by atoms with Gasteiger partial charge in [0.2, 0.25) is 0 Å². The molecule has 2 aliphatic rings. The van der Waals surface area contributed by atoms with E-state index in [1.807, 2.05) is 0 Å². The summed E-state index contributed by atoms with van der Waals surface area (Å²) in [6, 6.07) is 0. The van der Waals surface area contributed by atoms with Crippen LogP contribution in [0, 0.1) is 10.4 Å². The topological polar surface area (TPSA) is 105 Å². The van der Waals surface area contributed by atoms with Crippen LogP contribution in [0.15, 0.2) is 0 Å². The summed E-state index contributed by atoms with van der Waals surface area (Å²) in [6.07, 6.45) is 2.14. The number of nitrogens with zero attached hydrogens (tertiary/aromatic N) is 2. The molecule has 0 aromatic carbocycles. The smallest absolute Gasteiger partial charge is 0.309 e. The Kier molecular flexibility index (Phi) is 5.92. The quantitative estimate of drug-likeness (QED) is 0.421. The van der Waals surface area contributed by atoms with Crippen LogP contribution in [0.5, 0.6) is 0 Å². The molecule has 0 amide bonds. The first-order valence-electron chi connectivity index (χ1n) is 7.26. The van der Waals surface area contributed by atoms with Crippen molar-refractivity contribution in [3.05, 3.63) is 10.4 Å². The SMILES string of the molecule is O=C1CC(CCN([O-])CCCN([O-])CCC2CC(=O)O2)O1. The minimum atomic E-state index is -0.211. The maximum Gasteiger partial charge on any atom is 0.309 e. The van der Waals surface area contributed by atoms with Crippen LogP contribution in [-0.4, -0.2) is 60.5 Å². The normalized spacial score (nSPS) is 24.6. The predicted octanol–water partition coefficient (Wildman–Crippen LogP) is 0.387. The second-order valence-electron chi connectivity index (χ2n) is 5.42. The monoisotopic (exact) mass is 300 g/mol. The van der Waals surface area contributed by atoms with Gasteiger partial charge in [-0.15, -0.1) is 0 Å². The second-order valence-corrected chi connectivity index (χ2v) is 5.42. The fourth-order valence-corrected chi connectivity index (χ4v) is 2.27. The van der Waals surface area contributed by atoms with Crippen LogP contribution in [0.2, 0.25) is 0 Å². The van der Waals surface area contributed by atoms with Crippen molar-refractivity contribution in [1.82, 2.24) is 10.1 Å². The molecule has 0 spiro atoms. The molecule has 2 saturated heterocycles. The maximum atomic E-state index is 11.5. The Morgan fingerprint density at radius 3 is 1.57 bits per heavy atom. The van der Waals surface area contributed by atoms with Gasteiger partial charge in [-0.3, -0.25) is 9.59 Å². The molecule has 0 aromatic rings. The summed E-state index contributed by atoms with van der Waals surface area (Å²) >= 11 is 0. The van der Waals surface area contributed by atoms with Gasteiger partial charge in [-0.2, -0.15) is 0 Å². The van der Waals surface area contributed by atoms with Crippen LogP contribution in [0.1, 0.15) is 32.1 Å². The van der Waals surface area contributed by atoms with Crippen molar-refractivity contribution in [3.8, 4) is 0 Å². The third-order valence-corrected chi connectivity index (χ3v) is 3.60. The summed E-state index contributed by atoms with van der Waals surface area (Å²) in [4.78, 5) is 21.1. The average Bonchev–Trinajstić information content (AvgIpc) is 2.37. The molecule has 0 aromatic heterocycles. The van der Waals surface area contributed by atoms with Crippen LogP contribution < -0.4 is 0 Å². The van der Waals surface area contributed by atoms with E-state index in [0.29, 0.717) is 45.2 Å². The Balaban J connectivity index is 1.42. The summed E-state index contributed by atoms with van der Waals surface area (Å²) in [6.45, 7) is 1.21. The van der Waals surface area contributed by atoms with Gasteiger partial charge in [-0.1, -0.05) is 0 Å². The molecule has 0 N–H and O–H groups in total. The highest BCUT2D eigenvalue weighted by molar-refractivity contribution is 5.75. The maximum absolute atomic E-state index is 11.5. The van der Waals surface area contributed by atoms with Gasteiger partial charge in [0.15, 0.2) is 0 Å². The van der Waals surface area contributed by atoms with Gasteiger partial charge in [0, 0.05) is 0 Å². The molecule has 0 saturated carbocycles. The van der Waals surface area contributed by atoms with Crippen molar-refractivity contribution in [3.63, 3.8) is 0 Å². The molecule has 0 bridgehead atoms. The molecule has 0 radical (unpaired) electrons. The van der Waals surface area contributed by atoms with Crippen molar-refractivity contribution in [1.29, 1.82) is 0 Å². The van der Waals surface area contributed by atoms with Gasteiger partial charge in [0.1, 0.15) is 12.2 Å².